The summed E-state index contributed by atoms with van der Waals surface area (Å²) >= 11 is 0. The minimum Gasteiger partial charge on any atom is -0.396 e. The van der Waals surface area contributed by atoms with Gasteiger partial charge in [-0.2, -0.15) is 10.2 Å². The molecule has 1 saturated heterocycles. The molecule has 33 heavy (non-hydrogen) atoms. The number of benzene rings is 1. The molecule has 5 nitrogen and oxygen atoms in total. The minimum absolute atomic E-state index is 0.0246. The summed E-state index contributed by atoms with van der Waals surface area (Å²) in [5.74, 6) is -1.35. The Hall–Kier alpha value is -2.67. The number of nitrogens with zero attached hydrogens (tertiary/aromatic N) is 3. The number of carbonyl (C=O) groups is 1. The number of aliphatic hydroxyl groups excluding tert-OH is 1. The molecule has 3 rings (SSSR count). The monoisotopic (exact) mass is 457 g/mol. The first-order chi connectivity index (χ1) is 15.6. The molecule has 0 aromatic heterocycles. The van der Waals surface area contributed by atoms with Crippen LogP contribution in [-0.4, -0.2) is 35.6 Å². The molecule has 1 aliphatic heterocycles. The number of amides is 1. The summed E-state index contributed by atoms with van der Waals surface area (Å²) in [5.41, 5.74) is -0.678. The molecule has 1 saturated carbocycles. The Morgan fingerprint density at radius 1 is 1.27 bits per heavy atom. The van der Waals surface area contributed by atoms with Crippen LogP contribution in [0, 0.1) is 34.3 Å². The fourth-order valence-corrected chi connectivity index (χ4v) is 5.32. The van der Waals surface area contributed by atoms with Crippen LogP contribution in [0.4, 0.5) is 8.78 Å². The first-order valence-electron chi connectivity index (χ1n) is 11.3. The highest BCUT2D eigenvalue weighted by Gasteiger charge is 2.57. The maximum Gasteiger partial charge on any atom is 0.229 e. The number of carbonyl (C=O) groups excluding carboxylic acids is 1. The zero-order chi connectivity index (χ0) is 24.4. The lowest BCUT2D eigenvalue weighted by molar-refractivity contribution is -0.146. The molecule has 178 valence electrons. The molecule has 1 amide bonds. The molecule has 1 aromatic rings. The smallest absolute Gasteiger partial charge is 0.229 e. The summed E-state index contributed by atoms with van der Waals surface area (Å²) in [6.45, 7) is 15.1. The van der Waals surface area contributed by atoms with E-state index in [4.69, 9.17) is 0 Å². The molecule has 1 unspecified atom stereocenters. The molecule has 2 fully saturated rings. The van der Waals surface area contributed by atoms with Crippen molar-refractivity contribution in [1.29, 1.82) is 0 Å². The first-order valence-corrected chi connectivity index (χ1v) is 11.3. The first kappa shape index (κ1) is 25.0. The second kappa shape index (κ2) is 9.67. The van der Waals surface area contributed by atoms with Gasteiger partial charge >= 0.3 is 0 Å². The second-order valence-corrected chi connectivity index (χ2v) is 9.83. The van der Waals surface area contributed by atoms with Crippen molar-refractivity contribution in [2.75, 3.05) is 19.7 Å². The molecule has 0 bridgehead atoms. The summed E-state index contributed by atoms with van der Waals surface area (Å²) in [6.07, 6.45) is 4.96. The molecular weight excluding hydrogens is 424 g/mol. The Morgan fingerprint density at radius 2 is 1.94 bits per heavy atom. The van der Waals surface area contributed by atoms with Gasteiger partial charge in [0.2, 0.25) is 5.91 Å². The van der Waals surface area contributed by atoms with Crippen molar-refractivity contribution in [1.82, 2.24) is 4.90 Å². The van der Waals surface area contributed by atoms with E-state index in [1.807, 2.05) is 11.8 Å². The number of allylic oxidation sites excluding steroid dienone is 2. The average Bonchev–Trinajstić information content (AvgIpc) is 3.34. The summed E-state index contributed by atoms with van der Waals surface area (Å²) in [5, 5.41) is 17.2. The van der Waals surface area contributed by atoms with E-state index < -0.39 is 22.5 Å². The quantitative estimate of drug-likeness (QED) is 0.419. The Morgan fingerprint density at radius 3 is 2.52 bits per heavy atom. The fourth-order valence-electron chi connectivity index (χ4n) is 5.32. The molecule has 2 aliphatic rings. The molecule has 7 heteroatoms. The van der Waals surface area contributed by atoms with Gasteiger partial charge < -0.3 is 10.0 Å². The molecule has 1 N–H and O–H groups in total. The second-order valence-electron chi connectivity index (χ2n) is 9.83. The van der Waals surface area contributed by atoms with Crippen molar-refractivity contribution in [3.05, 3.63) is 66.4 Å². The minimum atomic E-state index is -0.741. The highest BCUT2D eigenvalue weighted by atomic mass is 19.1. The molecule has 3 atom stereocenters. The third-order valence-corrected chi connectivity index (χ3v) is 7.77. The number of rotatable bonds is 7. The summed E-state index contributed by atoms with van der Waals surface area (Å²) < 4.78 is 28.9. The molecular formula is C26H33F2N3O2. The van der Waals surface area contributed by atoms with E-state index in [1.54, 1.807) is 6.08 Å². The van der Waals surface area contributed by atoms with E-state index in [1.165, 1.54) is 24.4 Å². The van der Waals surface area contributed by atoms with E-state index in [0.29, 0.717) is 31.5 Å². The third-order valence-electron chi connectivity index (χ3n) is 7.77. The maximum absolute atomic E-state index is 14.5. The van der Waals surface area contributed by atoms with Gasteiger partial charge in [0, 0.05) is 31.8 Å². The van der Waals surface area contributed by atoms with Crippen LogP contribution in [-0.2, 0) is 4.79 Å². The van der Waals surface area contributed by atoms with Gasteiger partial charge in [0.05, 0.1) is 16.7 Å². The normalized spacial score (nSPS) is 27.3. The summed E-state index contributed by atoms with van der Waals surface area (Å²) in [6, 6.07) is 3.63. The number of hydrogen-bond donors (Lipinski definition) is 1. The summed E-state index contributed by atoms with van der Waals surface area (Å²) in [4.78, 5) is 15.4. The predicted octanol–water partition coefficient (Wildman–Crippen LogP) is 5.74. The highest BCUT2D eigenvalue weighted by molar-refractivity contribution is 5.84. The van der Waals surface area contributed by atoms with Crippen LogP contribution < -0.4 is 0 Å². The third kappa shape index (κ3) is 4.56. The van der Waals surface area contributed by atoms with Crippen LogP contribution in [0.2, 0.25) is 0 Å². The number of aliphatic hydroxyl groups is 1. The summed E-state index contributed by atoms with van der Waals surface area (Å²) in [7, 11) is 0. The van der Waals surface area contributed by atoms with Crippen LogP contribution in [0.15, 0.2) is 59.4 Å². The number of likely N-dealkylation sites (tertiary alicyclic amines) is 1. The zero-order valence-corrected chi connectivity index (χ0v) is 19.7. The van der Waals surface area contributed by atoms with Gasteiger partial charge in [0.1, 0.15) is 11.6 Å². The lowest BCUT2D eigenvalue weighted by atomic mass is 9.63. The van der Waals surface area contributed by atoms with Gasteiger partial charge in [-0.05, 0) is 54.4 Å². The van der Waals surface area contributed by atoms with Crippen LogP contribution in [0.5, 0.6) is 0 Å². The standard InChI is InChI=1S/C26H33F2N3O2/c1-6-29-30-22(23-20(27)8-7-9-21(23)28)14-17(2)19-10-12-26(5,25(19,3)4)24(33)31-13-11-18(15-31)16-32/h6-9,14,18-19,32H,1-2,10-13,15-16H2,3-5H3/b22-14-,30-29-/t18-,19?,26+/m0/s1. The Bertz CT molecular complexity index is 981. The highest BCUT2D eigenvalue weighted by Crippen LogP contribution is 2.59. The lowest BCUT2D eigenvalue weighted by Crippen LogP contribution is -2.48. The van der Waals surface area contributed by atoms with E-state index >= 15 is 0 Å². The topological polar surface area (TPSA) is 65.3 Å². The largest absolute Gasteiger partial charge is 0.396 e. The van der Waals surface area contributed by atoms with Crippen molar-refractivity contribution in [3.8, 4) is 0 Å². The SMILES string of the molecule is C=C/N=N\C(=C/C(=C)C1CC[C@](C)(C(=O)N2CC[C@H](CO)C2)C1(C)C)c1c(F)cccc1F. The van der Waals surface area contributed by atoms with Gasteiger partial charge in [-0.15, -0.1) is 0 Å². The van der Waals surface area contributed by atoms with E-state index in [9.17, 15) is 18.7 Å². The Balaban J connectivity index is 1.91. The van der Waals surface area contributed by atoms with E-state index in [2.05, 4.69) is 37.2 Å². The Kier molecular flexibility index (Phi) is 7.32. The van der Waals surface area contributed by atoms with Gasteiger partial charge in [-0.3, -0.25) is 4.79 Å². The van der Waals surface area contributed by atoms with Crippen molar-refractivity contribution in [3.63, 3.8) is 0 Å². The molecule has 0 radical (unpaired) electrons. The van der Waals surface area contributed by atoms with Crippen LogP contribution in [0.3, 0.4) is 0 Å². The van der Waals surface area contributed by atoms with E-state index in [-0.39, 0.29) is 35.6 Å². The van der Waals surface area contributed by atoms with Crippen molar-refractivity contribution in [2.24, 2.45) is 32.9 Å². The van der Waals surface area contributed by atoms with Gasteiger partial charge in [-0.25, -0.2) is 8.78 Å². The molecule has 1 aliphatic carbocycles. The molecule has 1 heterocycles. The van der Waals surface area contributed by atoms with Crippen molar-refractivity contribution in [2.45, 2.75) is 40.0 Å². The maximum atomic E-state index is 14.5. The van der Waals surface area contributed by atoms with Crippen LogP contribution in [0.1, 0.15) is 45.6 Å². The van der Waals surface area contributed by atoms with Gasteiger partial charge in [0.25, 0.3) is 0 Å². The Labute approximate surface area is 194 Å². The molecule has 0 spiro atoms. The zero-order valence-electron chi connectivity index (χ0n) is 19.7. The lowest BCUT2D eigenvalue weighted by Gasteiger charge is -2.43. The number of hydrogen-bond acceptors (Lipinski definition) is 4. The average molecular weight is 458 g/mol. The fraction of sp³-hybridized carbons (Fsp3) is 0.500. The van der Waals surface area contributed by atoms with Gasteiger partial charge in [0.15, 0.2) is 0 Å². The van der Waals surface area contributed by atoms with Crippen LogP contribution in [0.25, 0.3) is 5.70 Å². The van der Waals surface area contributed by atoms with Crippen LogP contribution >= 0.6 is 0 Å². The van der Waals surface area contributed by atoms with Crippen molar-refractivity contribution >= 4 is 11.6 Å². The number of azo groups is 1. The van der Waals surface area contributed by atoms with E-state index in [0.717, 1.165) is 6.42 Å². The predicted molar refractivity (Wildman–Crippen MR) is 125 cm³/mol. The molecule has 1 aromatic carbocycles. The van der Waals surface area contributed by atoms with Crippen molar-refractivity contribution < 1.29 is 18.7 Å². The number of halogens is 2. The van der Waals surface area contributed by atoms with Gasteiger partial charge in [-0.1, -0.05) is 40.0 Å².